The van der Waals surface area contributed by atoms with Crippen LogP contribution in [-0.4, -0.2) is 41.1 Å². The molecule has 0 bridgehead atoms. The molecular formula is C17H26N2O2. The molecule has 1 heterocycles. The number of benzene rings is 1. The summed E-state index contributed by atoms with van der Waals surface area (Å²) in [5.41, 5.74) is 1.28. The maximum atomic E-state index is 11.9. The first-order valence-corrected chi connectivity index (χ1v) is 7.93. The number of aliphatic hydroxyl groups excluding tert-OH is 1. The van der Waals surface area contributed by atoms with Crippen molar-refractivity contribution in [1.29, 1.82) is 0 Å². The molecule has 2 atom stereocenters. The van der Waals surface area contributed by atoms with Crippen LogP contribution in [0.1, 0.15) is 38.2 Å². The Morgan fingerprint density at radius 2 is 2.14 bits per heavy atom. The van der Waals surface area contributed by atoms with Gasteiger partial charge in [0, 0.05) is 25.6 Å². The van der Waals surface area contributed by atoms with E-state index in [9.17, 15) is 9.90 Å². The Morgan fingerprint density at radius 1 is 1.38 bits per heavy atom. The Kier molecular flexibility index (Phi) is 6.21. The first-order valence-electron chi connectivity index (χ1n) is 7.93. The minimum Gasteiger partial charge on any atom is -0.391 e. The Hall–Kier alpha value is -1.39. The maximum absolute atomic E-state index is 11.9. The zero-order valence-corrected chi connectivity index (χ0v) is 12.8. The fraction of sp³-hybridized carbons (Fsp3) is 0.588. The van der Waals surface area contributed by atoms with Gasteiger partial charge in [0.05, 0.1) is 6.10 Å². The van der Waals surface area contributed by atoms with Gasteiger partial charge < -0.3 is 15.3 Å². The van der Waals surface area contributed by atoms with E-state index in [0.717, 1.165) is 25.9 Å². The summed E-state index contributed by atoms with van der Waals surface area (Å²) in [6.07, 6.45) is 2.80. The third-order valence-electron chi connectivity index (χ3n) is 4.16. The molecule has 0 radical (unpaired) electrons. The van der Waals surface area contributed by atoms with Gasteiger partial charge in [0.2, 0.25) is 5.91 Å². The van der Waals surface area contributed by atoms with Gasteiger partial charge in [-0.3, -0.25) is 4.79 Å². The molecule has 4 nitrogen and oxygen atoms in total. The smallest absolute Gasteiger partial charge is 0.222 e. The van der Waals surface area contributed by atoms with Crippen LogP contribution in [0.5, 0.6) is 0 Å². The van der Waals surface area contributed by atoms with Gasteiger partial charge >= 0.3 is 0 Å². The van der Waals surface area contributed by atoms with Crippen molar-refractivity contribution in [3.8, 4) is 0 Å². The summed E-state index contributed by atoms with van der Waals surface area (Å²) in [6, 6.07) is 10.6. The minimum absolute atomic E-state index is 0.190. The zero-order chi connectivity index (χ0) is 15.1. The van der Waals surface area contributed by atoms with E-state index >= 15 is 0 Å². The highest BCUT2D eigenvalue weighted by Gasteiger charge is 2.31. The topological polar surface area (TPSA) is 52.6 Å². The van der Waals surface area contributed by atoms with Crippen molar-refractivity contribution in [3.63, 3.8) is 0 Å². The number of rotatable bonds is 8. The highest BCUT2D eigenvalue weighted by Crippen LogP contribution is 2.21. The van der Waals surface area contributed by atoms with Crippen LogP contribution in [0.2, 0.25) is 0 Å². The van der Waals surface area contributed by atoms with Gasteiger partial charge in [-0.25, -0.2) is 0 Å². The van der Waals surface area contributed by atoms with E-state index in [0.29, 0.717) is 19.4 Å². The lowest BCUT2D eigenvalue weighted by molar-refractivity contribution is -0.130. The molecule has 0 aromatic heterocycles. The average Bonchev–Trinajstić information content (AvgIpc) is 2.85. The van der Waals surface area contributed by atoms with Crippen LogP contribution in [0.3, 0.4) is 0 Å². The molecule has 1 fully saturated rings. The summed E-state index contributed by atoms with van der Waals surface area (Å²) >= 11 is 0. The SMILES string of the molecule is CC[C@@H](O)CN1C(=O)CC[C@H]1CCNCc1ccccc1. The summed E-state index contributed by atoms with van der Waals surface area (Å²) in [4.78, 5) is 13.8. The molecule has 0 unspecified atom stereocenters. The van der Waals surface area contributed by atoms with E-state index in [1.54, 1.807) is 0 Å². The van der Waals surface area contributed by atoms with E-state index in [-0.39, 0.29) is 11.9 Å². The van der Waals surface area contributed by atoms with Crippen LogP contribution in [0, 0.1) is 0 Å². The highest BCUT2D eigenvalue weighted by molar-refractivity contribution is 5.78. The van der Waals surface area contributed by atoms with Gasteiger partial charge in [-0.1, -0.05) is 37.3 Å². The number of nitrogens with zero attached hydrogens (tertiary/aromatic N) is 1. The lowest BCUT2D eigenvalue weighted by Gasteiger charge is -2.27. The highest BCUT2D eigenvalue weighted by atomic mass is 16.3. The Labute approximate surface area is 127 Å². The number of carbonyl (C=O) groups excluding carboxylic acids is 1. The Bertz CT molecular complexity index is 436. The third kappa shape index (κ3) is 4.83. The first-order chi connectivity index (χ1) is 10.2. The van der Waals surface area contributed by atoms with Gasteiger partial charge in [-0.15, -0.1) is 0 Å². The molecular weight excluding hydrogens is 264 g/mol. The van der Waals surface area contributed by atoms with Gasteiger partial charge in [-0.05, 0) is 31.4 Å². The largest absolute Gasteiger partial charge is 0.391 e. The Balaban J connectivity index is 1.72. The number of hydrogen-bond acceptors (Lipinski definition) is 3. The van der Waals surface area contributed by atoms with E-state index < -0.39 is 6.10 Å². The maximum Gasteiger partial charge on any atom is 0.222 e. The second-order valence-electron chi connectivity index (χ2n) is 5.75. The number of nitrogens with one attached hydrogen (secondary N) is 1. The molecule has 1 aromatic rings. The average molecular weight is 290 g/mol. The van der Waals surface area contributed by atoms with Gasteiger partial charge in [0.25, 0.3) is 0 Å². The molecule has 0 spiro atoms. The molecule has 1 aromatic carbocycles. The van der Waals surface area contributed by atoms with Crippen molar-refractivity contribution < 1.29 is 9.90 Å². The van der Waals surface area contributed by atoms with E-state index in [1.165, 1.54) is 5.56 Å². The summed E-state index contributed by atoms with van der Waals surface area (Å²) in [7, 11) is 0. The quantitative estimate of drug-likeness (QED) is 0.719. The second kappa shape index (κ2) is 8.15. The molecule has 116 valence electrons. The second-order valence-corrected chi connectivity index (χ2v) is 5.75. The van der Waals surface area contributed by atoms with Crippen LogP contribution in [0.15, 0.2) is 30.3 Å². The minimum atomic E-state index is -0.396. The summed E-state index contributed by atoms with van der Waals surface area (Å²) < 4.78 is 0. The Morgan fingerprint density at radius 3 is 2.86 bits per heavy atom. The summed E-state index contributed by atoms with van der Waals surface area (Å²) in [6.45, 7) is 4.19. The van der Waals surface area contributed by atoms with E-state index in [2.05, 4.69) is 17.4 Å². The molecule has 4 heteroatoms. The molecule has 1 saturated heterocycles. The standard InChI is InChI=1S/C17H26N2O2/c1-2-16(20)13-19-15(8-9-17(19)21)10-11-18-12-14-6-4-3-5-7-14/h3-7,15-16,18,20H,2,8-13H2,1H3/t15-,16+/m0/s1. The van der Waals surface area contributed by atoms with Crippen molar-refractivity contribution in [1.82, 2.24) is 10.2 Å². The molecule has 21 heavy (non-hydrogen) atoms. The van der Waals surface area contributed by atoms with Gasteiger partial charge in [0.15, 0.2) is 0 Å². The van der Waals surface area contributed by atoms with Crippen molar-refractivity contribution in [2.75, 3.05) is 13.1 Å². The predicted octanol–water partition coefficient (Wildman–Crippen LogP) is 1.93. The fourth-order valence-corrected chi connectivity index (χ4v) is 2.80. The fourth-order valence-electron chi connectivity index (χ4n) is 2.80. The summed E-state index contributed by atoms with van der Waals surface area (Å²) in [5.74, 6) is 0.190. The van der Waals surface area contributed by atoms with Crippen molar-refractivity contribution in [2.24, 2.45) is 0 Å². The van der Waals surface area contributed by atoms with Gasteiger partial charge in [-0.2, -0.15) is 0 Å². The number of carbonyl (C=O) groups is 1. The molecule has 0 aliphatic carbocycles. The lowest BCUT2D eigenvalue weighted by Crippen LogP contribution is -2.40. The lowest BCUT2D eigenvalue weighted by atomic mass is 10.1. The van der Waals surface area contributed by atoms with Crippen LogP contribution in [0.25, 0.3) is 0 Å². The molecule has 1 amide bonds. The number of β-amino-alcohol motifs (C(OH)–C–C–N with tert-alkyl or cyclic N) is 1. The molecule has 2 N–H and O–H groups in total. The van der Waals surface area contributed by atoms with Crippen LogP contribution in [0.4, 0.5) is 0 Å². The molecule has 0 saturated carbocycles. The summed E-state index contributed by atoms with van der Waals surface area (Å²) in [5, 5.41) is 13.2. The monoisotopic (exact) mass is 290 g/mol. The van der Waals surface area contributed by atoms with Crippen LogP contribution < -0.4 is 5.32 Å². The van der Waals surface area contributed by atoms with Gasteiger partial charge in [0.1, 0.15) is 0 Å². The molecule has 2 rings (SSSR count). The van der Waals surface area contributed by atoms with Crippen molar-refractivity contribution >= 4 is 5.91 Å². The van der Waals surface area contributed by atoms with E-state index in [1.807, 2.05) is 30.0 Å². The molecule has 1 aliphatic heterocycles. The number of aliphatic hydroxyl groups is 1. The number of hydrogen-bond donors (Lipinski definition) is 2. The number of amides is 1. The predicted molar refractivity (Wildman–Crippen MR) is 83.8 cm³/mol. The normalized spacial score (nSPS) is 20.0. The van der Waals surface area contributed by atoms with Crippen molar-refractivity contribution in [2.45, 2.75) is 51.3 Å². The molecule has 1 aliphatic rings. The van der Waals surface area contributed by atoms with Crippen LogP contribution in [-0.2, 0) is 11.3 Å². The van der Waals surface area contributed by atoms with Crippen molar-refractivity contribution in [3.05, 3.63) is 35.9 Å². The zero-order valence-electron chi connectivity index (χ0n) is 12.8. The number of likely N-dealkylation sites (tertiary alicyclic amines) is 1. The third-order valence-corrected chi connectivity index (χ3v) is 4.16. The van der Waals surface area contributed by atoms with Crippen LogP contribution >= 0.6 is 0 Å². The first kappa shape index (κ1) is 16.0. The van der Waals surface area contributed by atoms with E-state index in [4.69, 9.17) is 0 Å².